The highest BCUT2D eigenvalue weighted by Gasteiger charge is 2.26. The normalized spacial score (nSPS) is 22.5. The van der Waals surface area contributed by atoms with E-state index in [1.165, 1.54) is 4.90 Å². The molecule has 74 valence electrons. The molecule has 0 aromatic rings. The largest absolute Gasteiger partial charge is 0.450 e. The number of nitrogens with one attached hydrogen (secondary N) is 1. The van der Waals surface area contributed by atoms with Crippen LogP contribution in [0.3, 0.4) is 0 Å². The van der Waals surface area contributed by atoms with Gasteiger partial charge >= 0.3 is 6.09 Å². The molecule has 0 aromatic carbocycles. The van der Waals surface area contributed by atoms with Crippen LogP contribution in [0.25, 0.3) is 0 Å². The summed E-state index contributed by atoms with van der Waals surface area (Å²) in [6.45, 7) is 3.85. The molecule has 5 nitrogen and oxygen atoms in total. The van der Waals surface area contributed by atoms with Gasteiger partial charge in [-0.3, -0.25) is 4.90 Å². The number of carbonyl (C=O) groups excluding carboxylic acids is 2. The number of ether oxygens (including phenoxy) is 1. The molecule has 13 heavy (non-hydrogen) atoms. The van der Waals surface area contributed by atoms with Crippen molar-refractivity contribution >= 4 is 12.4 Å². The third-order valence-corrected chi connectivity index (χ3v) is 1.94. The summed E-state index contributed by atoms with van der Waals surface area (Å²) in [5.41, 5.74) is 0. The van der Waals surface area contributed by atoms with E-state index in [0.29, 0.717) is 26.2 Å². The average molecular weight is 186 g/mol. The highest BCUT2D eigenvalue weighted by Crippen LogP contribution is 2.03. The minimum atomic E-state index is -0.402. The molecule has 0 spiro atoms. The molecular weight excluding hydrogens is 172 g/mol. The van der Waals surface area contributed by atoms with Crippen LogP contribution in [0.4, 0.5) is 4.79 Å². The predicted octanol–water partition coefficient (Wildman–Crippen LogP) is -0.384. The van der Waals surface area contributed by atoms with Crippen molar-refractivity contribution in [1.29, 1.82) is 0 Å². The monoisotopic (exact) mass is 186 g/mol. The standard InChI is InChI=1S/C8H14N2O3/c1-2-13-8(12)10-4-3-9-5-7(10)6-11/h6-7,9H,2-5H2,1H3. The smallest absolute Gasteiger partial charge is 0.410 e. The van der Waals surface area contributed by atoms with Gasteiger partial charge in [0.1, 0.15) is 12.3 Å². The van der Waals surface area contributed by atoms with E-state index < -0.39 is 6.09 Å². The molecule has 0 saturated carbocycles. The molecule has 1 heterocycles. The number of rotatable bonds is 2. The van der Waals surface area contributed by atoms with Crippen molar-refractivity contribution in [2.24, 2.45) is 0 Å². The first-order valence-electron chi connectivity index (χ1n) is 4.39. The first-order valence-corrected chi connectivity index (χ1v) is 4.39. The number of hydrogen-bond acceptors (Lipinski definition) is 4. The second-order valence-corrected chi connectivity index (χ2v) is 2.80. The first-order chi connectivity index (χ1) is 6.29. The molecule has 1 fully saturated rings. The number of amides is 1. The predicted molar refractivity (Wildman–Crippen MR) is 46.4 cm³/mol. The van der Waals surface area contributed by atoms with Crippen LogP contribution in [-0.4, -0.2) is 49.6 Å². The topological polar surface area (TPSA) is 58.6 Å². The molecule has 1 aliphatic rings. The van der Waals surface area contributed by atoms with Crippen molar-refractivity contribution in [1.82, 2.24) is 10.2 Å². The van der Waals surface area contributed by atoms with Gasteiger partial charge in [-0.2, -0.15) is 0 Å². The van der Waals surface area contributed by atoms with E-state index in [-0.39, 0.29) is 6.04 Å². The van der Waals surface area contributed by atoms with Crippen LogP contribution in [0.15, 0.2) is 0 Å². The van der Waals surface area contributed by atoms with Gasteiger partial charge in [-0.15, -0.1) is 0 Å². The molecule has 0 aliphatic carbocycles. The fourth-order valence-electron chi connectivity index (χ4n) is 1.28. The van der Waals surface area contributed by atoms with E-state index in [1.54, 1.807) is 6.92 Å². The van der Waals surface area contributed by atoms with E-state index in [0.717, 1.165) is 6.29 Å². The van der Waals surface area contributed by atoms with E-state index in [9.17, 15) is 9.59 Å². The Balaban J connectivity index is 2.53. The summed E-state index contributed by atoms with van der Waals surface area (Å²) in [6.07, 6.45) is 0.365. The molecule has 1 unspecified atom stereocenters. The lowest BCUT2D eigenvalue weighted by atomic mass is 10.2. The first kappa shape index (κ1) is 9.98. The Morgan fingerprint density at radius 1 is 1.77 bits per heavy atom. The van der Waals surface area contributed by atoms with Gasteiger partial charge in [-0.25, -0.2) is 4.79 Å². The third-order valence-electron chi connectivity index (χ3n) is 1.94. The minimum Gasteiger partial charge on any atom is -0.450 e. The molecule has 0 aromatic heterocycles. The van der Waals surface area contributed by atoms with Gasteiger partial charge in [0, 0.05) is 19.6 Å². The summed E-state index contributed by atoms with van der Waals surface area (Å²) in [6, 6.07) is -0.382. The second-order valence-electron chi connectivity index (χ2n) is 2.80. The molecule has 5 heteroatoms. The molecule has 1 aliphatic heterocycles. The van der Waals surface area contributed by atoms with Crippen molar-refractivity contribution in [2.75, 3.05) is 26.2 Å². The Bertz CT molecular complexity index is 196. The number of carbonyl (C=O) groups is 2. The van der Waals surface area contributed by atoms with E-state index in [1.807, 2.05) is 0 Å². The van der Waals surface area contributed by atoms with Crippen LogP contribution >= 0.6 is 0 Å². The second kappa shape index (κ2) is 4.81. The highest BCUT2D eigenvalue weighted by atomic mass is 16.6. The Morgan fingerprint density at radius 2 is 2.54 bits per heavy atom. The summed E-state index contributed by atoms with van der Waals surface area (Å²) in [5, 5.41) is 3.03. The van der Waals surface area contributed by atoms with Crippen LogP contribution in [0.5, 0.6) is 0 Å². The molecule has 1 N–H and O–H groups in total. The molecule has 1 rings (SSSR count). The third kappa shape index (κ3) is 2.42. The van der Waals surface area contributed by atoms with Crippen molar-refractivity contribution in [3.8, 4) is 0 Å². The van der Waals surface area contributed by atoms with Crippen LogP contribution in [0, 0.1) is 0 Å². The number of piperazine rings is 1. The van der Waals surface area contributed by atoms with Gasteiger partial charge < -0.3 is 14.8 Å². The lowest BCUT2D eigenvalue weighted by Crippen LogP contribution is -2.54. The Kier molecular flexibility index (Phi) is 3.70. The molecule has 0 radical (unpaired) electrons. The Labute approximate surface area is 77.0 Å². The van der Waals surface area contributed by atoms with Crippen molar-refractivity contribution in [3.05, 3.63) is 0 Å². The summed E-state index contributed by atoms with van der Waals surface area (Å²) in [5.74, 6) is 0. The minimum absolute atomic E-state index is 0.342. The van der Waals surface area contributed by atoms with Crippen LogP contribution in [0.2, 0.25) is 0 Å². The maximum absolute atomic E-state index is 11.3. The summed E-state index contributed by atoms with van der Waals surface area (Å²) >= 11 is 0. The fourth-order valence-corrected chi connectivity index (χ4v) is 1.28. The Morgan fingerprint density at radius 3 is 3.15 bits per heavy atom. The number of nitrogens with zero attached hydrogens (tertiary/aromatic N) is 1. The van der Waals surface area contributed by atoms with Crippen molar-refractivity contribution < 1.29 is 14.3 Å². The lowest BCUT2D eigenvalue weighted by molar-refractivity contribution is -0.112. The van der Waals surface area contributed by atoms with Crippen molar-refractivity contribution in [2.45, 2.75) is 13.0 Å². The highest BCUT2D eigenvalue weighted by molar-refractivity contribution is 5.73. The zero-order valence-electron chi connectivity index (χ0n) is 7.66. The van der Waals surface area contributed by atoms with Gasteiger partial charge in [0.15, 0.2) is 0 Å². The van der Waals surface area contributed by atoms with Gasteiger partial charge in [-0.05, 0) is 6.92 Å². The lowest BCUT2D eigenvalue weighted by Gasteiger charge is -2.31. The summed E-state index contributed by atoms with van der Waals surface area (Å²) in [4.78, 5) is 23.3. The zero-order chi connectivity index (χ0) is 9.68. The maximum Gasteiger partial charge on any atom is 0.410 e. The summed E-state index contributed by atoms with van der Waals surface area (Å²) in [7, 11) is 0. The van der Waals surface area contributed by atoms with Crippen LogP contribution < -0.4 is 5.32 Å². The van der Waals surface area contributed by atoms with E-state index in [2.05, 4.69) is 5.32 Å². The molecular formula is C8H14N2O3. The SMILES string of the molecule is CCOC(=O)N1CCNCC1C=O. The van der Waals surface area contributed by atoms with Gasteiger partial charge in [0.25, 0.3) is 0 Å². The molecule has 1 atom stereocenters. The zero-order valence-corrected chi connectivity index (χ0v) is 7.66. The van der Waals surface area contributed by atoms with Crippen LogP contribution in [0.1, 0.15) is 6.92 Å². The van der Waals surface area contributed by atoms with Gasteiger partial charge in [-0.1, -0.05) is 0 Å². The summed E-state index contributed by atoms with van der Waals surface area (Å²) < 4.78 is 4.81. The van der Waals surface area contributed by atoms with Gasteiger partial charge in [0.05, 0.1) is 6.61 Å². The number of aldehydes is 1. The van der Waals surface area contributed by atoms with Crippen LogP contribution in [-0.2, 0) is 9.53 Å². The Hall–Kier alpha value is -1.10. The molecule has 1 saturated heterocycles. The molecule has 1 amide bonds. The average Bonchev–Trinajstić information content (AvgIpc) is 2.18. The van der Waals surface area contributed by atoms with Crippen molar-refractivity contribution in [3.63, 3.8) is 0 Å². The van der Waals surface area contributed by atoms with E-state index >= 15 is 0 Å². The molecule has 0 bridgehead atoms. The fraction of sp³-hybridized carbons (Fsp3) is 0.750. The van der Waals surface area contributed by atoms with E-state index in [4.69, 9.17) is 4.74 Å². The quantitative estimate of drug-likeness (QED) is 0.597. The maximum atomic E-state index is 11.3. The van der Waals surface area contributed by atoms with Gasteiger partial charge in [0.2, 0.25) is 0 Å². The number of hydrogen-bond donors (Lipinski definition) is 1.